The average Bonchev–Trinajstić information content (AvgIpc) is 2.84. The number of thioether (sulfide) groups is 1. The summed E-state index contributed by atoms with van der Waals surface area (Å²) in [5, 5.41) is 11.6. The molecular formula is C19H15N3O3S. The highest BCUT2D eigenvalue weighted by Gasteiger charge is 2.28. The zero-order chi connectivity index (χ0) is 18.1. The number of carbonyl (C=O) groups excluding carboxylic acids is 1. The van der Waals surface area contributed by atoms with Crippen molar-refractivity contribution in [3.05, 3.63) is 86.8 Å². The molecule has 2 heterocycles. The fourth-order valence-electron chi connectivity index (χ4n) is 3.03. The Morgan fingerprint density at radius 3 is 2.92 bits per heavy atom. The van der Waals surface area contributed by atoms with Gasteiger partial charge in [-0.15, -0.1) is 0 Å². The number of allylic oxidation sites excluding steroid dienone is 7. The van der Waals surface area contributed by atoms with E-state index in [0.29, 0.717) is 12.0 Å². The maximum atomic E-state index is 13.2. The van der Waals surface area contributed by atoms with E-state index in [4.69, 9.17) is 0 Å². The molecule has 0 bridgehead atoms. The molecule has 26 heavy (non-hydrogen) atoms. The zero-order valence-electron chi connectivity index (χ0n) is 13.8. The Bertz CT molecular complexity index is 957. The van der Waals surface area contributed by atoms with Crippen LogP contribution < -0.4 is 4.90 Å². The Kier molecular flexibility index (Phi) is 4.30. The topological polar surface area (TPSA) is 76.3 Å². The lowest BCUT2D eigenvalue weighted by Crippen LogP contribution is -2.28. The second-order valence-corrected chi connectivity index (χ2v) is 7.06. The van der Waals surface area contributed by atoms with Gasteiger partial charge in [0.05, 0.1) is 10.6 Å². The monoisotopic (exact) mass is 365 g/mol. The SMILES string of the molecule is O=C(C1=CC=C([N+](=O)[O-])CC1)N1C=C2CC=CC=C2Sc2ncccc21. The molecule has 0 saturated carbocycles. The molecule has 6 nitrogen and oxygen atoms in total. The normalized spacial score (nSPS) is 18.5. The first kappa shape index (κ1) is 16.5. The fraction of sp³-hybridized carbons (Fsp3) is 0.158. The third kappa shape index (κ3) is 3.01. The van der Waals surface area contributed by atoms with Gasteiger partial charge < -0.3 is 0 Å². The van der Waals surface area contributed by atoms with Gasteiger partial charge in [0.2, 0.25) is 5.70 Å². The lowest BCUT2D eigenvalue weighted by molar-refractivity contribution is -0.428. The number of hydrogen-bond donors (Lipinski definition) is 0. The third-order valence-electron chi connectivity index (χ3n) is 4.40. The number of hydrogen-bond acceptors (Lipinski definition) is 5. The van der Waals surface area contributed by atoms with Gasteiger partial charge in [-0.25, -0.2) is 4.98 Å². The van der Waals surface area contributed by atoms with Crippen LogP contribution in [0.2, 0.25) is 0 Å². The summed E-state index contributed by atoms with van der Waals surface area (Å²) in [7, 11) is 0. The number of rotatable bonds is 2. The predicted octanol–water partition coefficient (Wildman–Crippen LogP) is 4.13. The molecule has 0 radical (unpaired) electrons. The number of pyridine rings is 1. The van der Waals surface area contributed by atoms with Gasteiger partial charge >= 0.3 is 0 Å². The molecule has 0 spiro atoms. The van der Waals surface area contributed by atoms with E-state index in [9.17, 15) is 14.9 Å². The van der Waals surface area contributed by atoms with Crippen LogP contribution >= 0.6 is 11.8 Å². The first-order valence-electron chi connectivity index (χ1n) is 8.22. The summed E-state index contributed by atoms with van der Waals surface area (Å²) in [5.41, 5.74) is 2.49. The molecule has 130 valence electrons. The zero-order valence-corrected chi connectivity index (χ0v) is 14.6. The molecule has 0 N–H and O–H groups in total. The predicted molar refractivity (Wildman–Crippen MR) is 99.9 cm³/mol. The molecule has 0 unspecified atom stereocenters. The van der Waals surface area contributed by atoms with Crippen LogP contribution in [0.1, 0.15) is 19.3 Å². The first-order valence-corrected chi connectivity index (χ1v) is 9.03. The van der Waals surface area contributed by atoms with Crippen LogP contribution in [0.4, 0.5) is 5.69 Å². The lowest BCUT2D eigenvalue weighted by Gasteiger charge is -2.21. The van der Waals surface area contributed by atoms with Crippen molar-refractivity contribution in [3.8, 4) is 0 Å². The van der Waals surface area contributed by atoms with Crippen molar-refractivity contribution in [1.29, 1.82) is 0 Å². The van der Waals surface area contributed by atoms with Crippen molar-refractivity contribution in [1.82, 2.24) is 4.98 Å². The number of anilines is 1. The van der Waals surface area contributed by atoms with Crippen molar-refractivity contribution < 1.29 is 9.72 Å². The minimum absolute atomic E-state index is 0.135. The third-order valence-corrected chi connectivity index (χ3v) is 5.52. The Morgan fingerprint density at radius 1 is 1.27 bits per heavy atom. The van der Waals surface area contributed by atoms with E-state index in [-0.39, 0.29) is 18.0 Å². The Labute approximate surface area is 154 Å². The second-order valence-electron chi connectivity index (χ2n) is 6.03. The van der Waals surface area contributed by atoms with E-state index < -0.39 is 4.92 Å². The largest absolute Gasteiger partial charge is 0.281 e. The van der Waals surface area contributed by atoms with Crippen LogP contribution in [-0.2, 0) is 4.79 Å². The molecule has 7 heteroatoms. The van der Waals surface area contributed by atoms with Crippen LogP contribution in [0.3, 0.4) is 0 Å². The molecule has 1 aromatic heterocycles. The second kappa shape index (κ2) is 6.76. The maximum Gasteiger partial charge on any atom is 0.258 e. The van der Waals surface area contributed by atoms with Gasteiger partial charge in [-0.1, -0.05) is 23.9 Å². The van der Waals surface area contributed by atoms with E-state index in [1.165, 1.54) is 6.08 Å². The first-order chi connectivity index (χ1) is 12.6. The van der Waals surface area contributed by atoms with Crippen molar-refractivity contribution in [2.75, 3.05) is 4.90 Å². The van der Waals surface area contributed by atoms with E-state index in [2.05, 4.69) is 4.98 Å². The molecule has 0 fully saturated rings. The van der Waals surface area contributed by atoms with E-state index in [0.717, 1.165) is 27.6 Å². The summed E-state index contributed by atoms with van der Waals surface area (Å²) in [6.45, 7) is 0. The highest BCUT2D eigenvalue weighted by atomic mass is 32.2. The van der Waals surface area contributed by atoms with Gasteiger partial charge in [0.25, 0.3) is 5.91 Å². The van der Waals surface area contributed by atoms with Crippen LogP contribution in [0.5, 0.6) is 0 Å². The summed E-state index contributed by atoms with van der Waals surface area (Å²) < 4.78 is 0. The molecule has 0 saturated heterocycles. The molecule has 1 aromatic rings. The average molecular weight is 365 g/mol. The van der Waals surface area contributed by atoms with Gasteiger partial charge in [0.1, 0.15) is 5.03 Å². The van der Waals surface area contributed by atoms with Gasteiger partial charge in [-0.3, -0.25) is 19.8 Å². The molecule has 1 amide bonds. The van der Waals surface area contributed by atoms with Crippen LogP contribution in [-0.4, -0.2) is 15.8 Å². The van der Waals surface area contributed by atoms with Crippen molar-refractivity contribution >= 4 is 23.4 Å². The molecule has 4 rings (SSSR count). The number of nitrogens with zero attached hydrogens (tertiary/aromatic N) is 3. The van der Waals surface area contributed by atoms with Crippen molar-refractivity contribution in [3.63, 3.8) is 0 Å². The molecule has 3 aliphatic rings. The summed E-state index contributed by atoms with van der Waals surface area (Å²) in [6, 6.07) is 3.68. The van der Waals surface area contributed by atoms with Crippen molar-refractivity contribution in [2.24, 2.45) is 0 Å². The number of nitro groups is 1. The van der Waals surface area contributed by atoms with Gasteiger partial charge in [-0.05, 0) is 42.7 Å². The smallest absolute Gasteiger partial charge is 0.258 e. The van der Waals surface area contributed by atoms with Crippen LogP contribution in [0, 0.1) is 10.1 Å². The molecule has 2 aliphatic carbocycles. The Balaban J connectivity index is 1.75. The Morgan fingerprint density at radius 2 is 2.15 bits per heavy atom. The molecular weight excluding hydrogens is 350 g/mol. The standard InChI is InChI=1S/C19H15N3O3S/c23-19(13-7-9-15(10-8-13)22(24)25)21-12-14-4-1-2-6-17(14)26-18-16(21)5-3-11-20-18/h1-3,5-7,9,11-12H,4,8,10H2. The maximum absolute atomic E-state index is 13.2. The van der Waals surface area contributed by atoms with Crippen LogP contribution in [0.25, 0.3) is 0 Å². The van der Waals surface area contributed by atoms with E-state index in [1.807, 2.05) is 30.5 Å². The summed E-state index contributed by atoms with van der Waals surface area (Å²) in [5.74, 6) is -0.165. The van der Waals surface area contributed by atoms with Crippen LogP contribution in [0.15, 0.2) is 81.7 Å². The molecule has 1 aliphatic heterocycles. The number of aromatic nitrogens is 1. The lowest BCUT2D eigenvalue weighted by atomic mass is 10.0. The fourth-order valence-corrected chi connectivity index (χ4v) is 4.03. The Hall–Kier alpha value is -2.93. The highest BCUT2D eigenvalue weighted by molar-refractivity contribution is 8.03. The summed E-state index contributed by atoms with van der Waals surface area (Å²) in [6.07, 6.45) is 14.0. The highest BCUT2D eigenvalue weighted by Crippen LogP contribution is 2.42. The quantitative estimate of drug-likeness (QED) is 0.582. The van der Waals surface area contributed by atoms with Gasteiger partial charge in [-0.2, -0.15) is 0 Å². The number of fused-ring (bicyclic) bond motifs is 2. The van der Waals surface area contributed by atoms with E-state index in [1.54, 1.807) is 35.0 Å². The van der Waals surface area contributed by atoms with Crippen molar-refractivity contribution in [2.45, 2.75) is 24.3 Å². The molecule has 0 atom stereocenters. The minimum Gasteiger partial charge on any atom is -0.281 e. The van der Waals surface area contributed by atoms with Gasteiger partial charge in [0, 0.05) is 35.4 Å². The molecule has 0 aromatic carbocycles. The summed E-state index contributed by atoms with van der Waals surface area (Å²) >= 11 is 1.55. The number of amides is 1. The van der Waals surface area contributed by atoms with Gasteiger partial charge in [0.15, 0.2) is 0 Å². The minimum atomic E-state index is -0.396. The summed E-state index contributed by atoms with van der Waals surface area (Å²) in [4.78, 5) is 30.8. The number of carbonyl (C=O) groups is 1. The van der Waals surface area contributed by atoms with E-state index >= 15 is 0 Å².